The van der Waals surface area contributed by atoms with Crippen molar-refractivity contribution in [1.29, 1.82) is 0 Å². The van der Waals surface area contributed by atoms with E-state index in [9.17, 15) is 0 Å². The topological polar surface area (TPSA) is 12.9 Å². The number of rotatable bonds is 1. The Morgan fingerprint density at radius 2 is 1.94 bits per heavy atom. The summed E-state index contributed by atoms with van der Waals surface area (Å²) in [5.74, 6) is 0. The Bertz CT molecular complexity index is 616. The highest BCUT2D eigenvalue weighted by molar-refractivity contribution is 9.08. The van der Waals surface area contributed by atoms with Crippen LogP contribution in [-0.4, -0.2) is 4.98 Å². The monoisotopic (exact) mass is 303 g/mol. The SMILES string of the molecule is Cc1ccc2c(CBr)c3c(nc2c1C)CCCC3. The summed E-state index contributed by atoms with van der Waals surface area (Å²) < 4.78 is 0. The molecule has 1 aliphatic rings. The first kappa shape index (κ1) is 12.2. The molecule has 0 N–H and O–H groups in total. The molecule has 0 radical (unpaired) electrons. The number of aromatic nitrogens is 1. The molecular weight excluding hydrogens is 286 g/mol. The largest absolute Gasteiger partial charge is 0.252 e. The van der Waals surface area contributed by atoms with Crippen LogP contribution in [0.4, 0.5) is 0 Å². The molecule has 0 saturated carbocycles. The third kappa shape index (κ3) is 1.78. The summed E-state index contributed by atoms with van der Waals surface area (Å²) in [5.41, 5.74) is 8.21. The molecule has 2 heteroatoms. The number of aryl methyl sites for hydroxylation is 3. The predicted octanol–water partition coefficient (Wildman–Crippen LogP) is 4.63. The molecule has 0 atom stereocenters. The van der Waals surface area contributed by atoms with Crippen LogP contribution in [0.3, 0.4) is 0 Å². The number of alkyl halides is 1. The summed E-state index contributed by atoms with van der Waals surface area (Å²) in [6.45, 7) is 4.36. The molecular formula is C16H18BrN. The Labute approximate surface area is 117 Å². The van der Waals surface area contributed by atoms with E-state index in [0.717, 1.165) is 11.8 Å². The normalized spacial score (nSPS) is 14.8. The Morgan fingerprint density at radius 1 is 1.17 bits per heavy atom. The van der Waals surface area contributed by atoms with Crippen LogP contribution in [0.15, 0.2) is 12.1 Å². The number of nitrogens with zero attached hydrogens (tertiary/aromatic N) is 1. The van der Waals surface area contributed by atoms with Crippen molar-refractivity contribution in [1.82, 2.24) is 4.98 Å². The van der Waals surface area contributed by atoms with Crippen molar-refractivity contribution in [3.8, 4) is 0 Å². The molecule has 0 amide bonds. The molecule has 3 rings (SSSR count). The highest BCUT2D eigenvalue weighted by Gasteiger charge is 2.18. The van der Waals surface area contributed by atoms with Crippen molar-refractivity contribution in [2.45, 2.75) is 44.9 Å². The minimum Gasteiger partial charge on any atom is -0.252 e. The molecule has 0 bridgehead atoms. The first-order valence-electron chi connectivity index (χ1n) is 6.69. The number of hydrogen-bond donors (Lipinski definition) is 0. The predicted molar refractivity (Wildman–Crippen MR) is 80.5 cm³/mol. The van der Waals surface area contributed by atoms with Crippen LogP contribution < -0.4 is 0 Å². The van der Waals surface area contributed by atoms with Gasteiger partial charge in [-0.2, -0.15) is 0 Å². The van der Waals surface area contributed by atoms with E-state index in [-0.39, 0.29) is 0 Å². The standard InChI is InChI=1S/C16H18BrN/c1-10-7-8-13-14(9-17)12-5-3-4-6-15(12)18-16(13)11(10)2/h7-8H,3-6,9H2,1-2H3. The molecule has 0 unspecified atom stereocenters. The van der Waals surface area contributed by atoms with Crippen molar-refractivity contribution < 1.29 is 0 Å². The molecule has 1 nitrogen and oxygen atoms in total. The number of fused-ring (bicyclic) bond motifs is 2. The van der Waals surface area contributed by atoms with Gasteiger partial charge < -0.3 is 0 Å². The van der Waals surface area contributed by atoms with Crippen LogP contribution in [0, 0.1) is 13.8 Å². The van der Waals surface area contributed by atoms with Gasteiger partial charge in [0.1, 0.15) is 0 Å². The Kier molecular flexibility index (Phi) is 3.14. The summed E-state index contributed by atoms with van der Waals surface area (Å²) in [6, 6.07) is 4.47. The average molecular weight is 304 g/mol. The maximum atomic E-state index is 4.96. The minimum absolute atomic E-state index is 0.941. The van der Waals surface area contributed by atoms with E-state index in [4.69, 9.17) is 4.98 Å². The minimum atomic E-state index is 0.941. The van der Waals surface area contributed by atoms with Gasteiger partial charge in [-0.1, -0.05) is 28.1 Å². The van der Waals surface area contributed by atoms with Crippen molar-refractivity contribution >= 4 is 26.8 Å². The van der Waals surface area contributed by atoms with Crippen molar-refractivity contribution in [2.75, 3.05) is 0 Å². The van der Waals surface area contributed by atoms with Crippen LogP contribution >= 0.6 is 15.9 Å². The lowest BCUT2D eigenvalue weighted by atomic mass is 9.89. The highest BCUT2D eigenvalue weighted by atomic mass is 79.9. The summed E-state index contributed by atoms with van der Waals surface area (Å²) in [6.07, 6.45) is 4.95. The summed E-state index contributed by atoms with van der Waals surface area (Å²) in [7, 11) is 0. The van der Waals surface area contributed by atoms with Gasteiger partial charge in [-0.3, -0.25) is 4.98 Å². The van der Waals surface area contributed by atoms with Gasteiger partial charge in [0.2, 0.25) is 0 Å². The molecule has 0 spiro atoms. The van der Waals surface area contributed by atoms with Crippen LogP contribution in [0.2, 0.25) is 0 Å². The maximum Gasteiger partial charge on any atom is 0.0740 e. The lowest BCUT2D eigenvalue weighted by molar-refractivity contribution is 0.667. The zero-order valence-corrected chi connectivity index (χ0v) is 12.6. The second-order valence-electron chi connectivity index (χ2n) is 5.26. The molecule has 0 saturated heterocycles. The van der Waals surface area contributed by atoms with Crippen LogP contribution in [0.1, 0.15) is 40.8 Å². The second kappa shape index (κ2) is 4.65. The van der Waals surface area contributed by atoms with Gasteiger partial charge in [-0.15, -0.1) is 0 Å². The van der Waals surface area contributed by atoms with Crippen LogP contribution in [0.25, 0.3) is 10.9 Å². The highest BCUT2D eigenvalue weighted by Crippen LogP contribution is 2.32. The lowest BCUT2D eigenvalue weighted by Crippen LogP contribution is -2.09. The van der Waals surface area contributed by atoms with Crippen LogP contribution in [0.5, 0.6) is 0 Å². The number of hydrogen-bond acceptors (Lipinski definition) is 1. The molecule has 2 aromatic rings. The maximum absolute atomic E-state index is 4.96. The van der Waals surface area contributed by atoms with Gasteiger partial charge in [-0.05, 0) is 61.8 Å². The smallest absolute Gasteiger partial charge is 0.0740 e. The number of benzene rings is 1. The molecule has 18 heavy (non-hydrogen) atoms. The summed E-state index contributed by atoms with van der Waals surface area (Å²) in [5, 5.41) is 2.28. The van der Waals surface area contributed by atoms with Crippen molar-refractivity contribution in [3.63, 3.8) is 0 Å². The lowest BCUT2D eigenvalue weighted by Gasteiger charge is -2.21. The van der Waals surface area contributed by atoms with Crippen molar-refractivity contribution in [2.24, 2.45) is 0 Å². The number of pyridine rings is 1. The van der Waals surface area contributed by atoms with E-state index >= 15 is 0 Å². The van der Waals surface area contributed by atoms with Gasteiger partial charge in [0.05, 0.1) is 5.52 Å². The van der Waals surface area contributed by atoms with Crippen molar-refractivity contribution in [3.05, 3.63) is 40.1 Å². The fourth-order valence-corrected chi connectivity index (χ4v) is 3.62. The van der Waals surface area contributed by atoms with Gasteiger partial charge in [0.25, 0.3) is 0 Å². The first-order chi connectivity index (χ1) is 8.72. The van der Waals surface area contributed by atoms with E-state index in [2.05, 4.69) is 41.9 Å². The third-order valence-electron chi connectivity index (χ3n) is 4.21. The van der Waals surface area contributed by atoms with Gasteiger partial charge in [0, 0.05) is 16.4 Å². The quantitative estimate of drug-likeness (QED) is 0.700. The summed E-state index contributed by atoms with van der Waals surface area (Å²) >= 11 is 3.67. The average Bonchev–Trinajstić information content (AvgIpc) is 2.41. The van der Waals surface area contributed by atoms with E-state index in [0.29, 0.717) is 0 Å². The molecule has 0 fully saturated rings. The molecule has 0 aliphatic heterocycles. The molecule has 94 valence electrons. The molecule has 1 heterocycles. The molecule has 1 aliphatic carbocycles. The Hall–Kier alpha value is -0.890. The Balaban J connectivity index is 2.40. The van der Waals surface area contributed by atoms with Gasteiger partial charge in [-0.25, -0.2) is 0 Å². The molecule has 1 aromatic heterocycles. The van der Waals surface area contributed by atoms with E-state index in [1.807, 2.05) is 0 Å². The first-order valence-corrected chi connectivity index (χ1v) is 7.81. The third-order valence-corrected chi connectivity index (χ3v) is 4.77. The molecule has 1 aromatic carbocycles. The Morgan fingerprint density at radius 3 is 2.72 bits per heavy atom. The van der Waals surface area contributed by atoms with E-state index in [1.54, 1.807) is 0 Å². The van der Waals surface area contributed by atoms with Crippen LogP contribution in [-0.2, 0) is 18.2 Å². The zero-order valence-electron chi connectivity index (χ0n) is 11.0. The summed E-state index contributed by atoms with van der Waals surface area (Å²) in [4.78, 5) is 4.96. The fourth-order valence-electron chi connectivity index (χ4n) is 2.98. The second-order valence-corrected chi connectivity index (χ2v) is 5.82. The van der Waals surface area contributed by atoms with E-state index in [1.165, 1.54) is 58.1 Å². The number of halogens is 1. The van der Waals surface area contributed by atoms with Gasteiger partial charge in [0.15, 0.2) is 0 Å². The van der Waals surface area contributed by atoms with E-state index < -0.39 is 0 Å². The van der Waals surface area contributed by atoms with Gasteiger partial charge >= 0.3 is 0 Å². The fraction of sp³-hybridized carbons (Fsp3) is 0.438. The zero-order chi connectivity index (χ0) is 12.7.